The van der Waals surface area contributed by atoms with E-state index < -0.39 is 11.4 Å². The number of ketones is 3. The Morgan fingerprint density at radius 1 is 0.929 bits per heavy atom. The van der Waals surface area contributed by atoms with Crippen LogP contribution in [0.15, 0.2) is 12.2 Å². The summed E-state index contributed by atoms with van der Waals surface area (Å²) in [6.45, 7) is 12.4. The summed E-state index contributed by atoms with van der Waals surface area (Å²) in [6, 6.07) is -0.189. The van der Waals surface area contributed by atoms with Crippen molar-refractivity contribution in [3.05, 3.63) is 12.2 Å². The predicted molar refractivity (Wildman–Crippen MR) is 111 cm³/mol. The molecule has 0 rings (SSSR count). The SMILES string of the molecule is CCCNC(C)C(=O)CCNC(C)(C)C(=O)CCNC(=O)/C=C/C(=O)C(C)C. The van der Waals surface area contributed by atoms with Crippen LogP contribution in [-0.4, -0.2) is 54.5 Å². The number of nitrogens with one attached hydrogen (secondary N) is 3. The van der Waals surface area contributed by atoms with E-state index in [1.54, 1.807) is 27.7 Å². The lowest BCUT2D eigenvalue weighted by atomic mass is 9.96. The smallest absolute Gasteiger partial charge is 0.244 e. The van der Waals surface area contributed by atoms with Crippen LogP contribution in [0, 0.1) is 5.92 Å². The van der Waals surface area contributed by atoms with Gasteiger partial charge in [-0.1, -0.05) is 20.8 Å². The largest absolute Gasteiger partial charge is 0.352 e. The molecule has 0 heterocycles. The minimum atomic E-state index is -0.783. The highest BCUT2D eigenvalue weighted by Crippen LogP contribution is 2.07. The molecule has 0 aromatic rings. The van der Waals surface area contributed by atoms with Gasteiger partial charge in [-0.05, 0) is 39.8 Å². The highest BCUT2D eigenvalue weighted by Gasteiger charge is 2.26. The van der Waals surface area contributed by atoms with Crippen LogP contribution in [0.4, 0.5) is 0 Å². The van der Waals surface area contributed by atoms with Crippen LogP contribution in [0.1, 0.15) is 60.8 Å². The van der Waals surface area contributed by atoms with Gasteiger partial charge in [-0.25, -0.2) is 0 Å². The molecule has 0 saturated heterocycles. The number of amides is 1. The lowest BCUT2D eigenvalue weighted by Gasteiger charge is -2.25. The van der Waals surface area contributed by atoms with Crippen LogP contribution < -0.4 is 16.0 Å². The van der Waals surface area contributed by atoms with Crippen molar-refractivity contribution in [2.45, 2.75) is 72.4 Å². The Labute approximate surface area is 169 Å². The Hall–Kier alpha value is -1.86. The van der Waals surface area contributed by atoms with Gasteiger partial charge in [0.1, 0.15) is 0 Å². The fourth-order valence-corrected chi connectivity index (χ4v) is 2.31. The first-order valence-corrected chi connectivity index (χ1v) is 10.1. The zero-order valence-corrected chi connectivity index (χ0v) is 18.2. The standard InChI is InChI=1S/C21H37N3O4/c1-7-12-22-16(4)18(26)10-14-24-21(5,6)19(27)11-13-23-20(28)9-8-17(25)15(2)3/h8-9,15-16,22,24H,7,10-14H2,1-6H3,(H,23,28)/b9-8+. The molecule has 7 nitrogen and oxygen atoms in total. The van der Waals surface area contributed by atoms with E-state index in [1.165, 1.54) is 12.2 Å². The Bertz CT molecular complexity index is 568. The lowest BCUT2D eigenvalue weighted by Crippen LogP contribution is -2.49. The average Bonchev–Trinajstić information content (AvgIpc) is 2.63. The second kappa shape index (κ2) is 13.3. The minimum Gasteiger partial charge on any atom is -0.352 e. The molecule has 0 aliphatic rings. The quantitative estimate of drug-likeness (QED) is 0.364. The summed E-state index contributed by atoms with van der Waals surface area (Å²) >= 11 is 0. The van der Waals surface area contributed by atoms with Crippen molar-refractivity contribution in [3.63, 3.8) is 0 Å². The van der Waals surface area contributed by atoms with Gasteiger partial charge >= 0.3 is 0 Å². The molecule has 0 aliphatic carbocycles. The van der Waals surface area contributed by atoms with Crippen LogP contribution in [0.5, 0.6) is 0 Å². The maximum absolute atomic E-state index is 12.4. The molecule has 1 amide bonds. The van der Waals surface area contributed by atoms with Crippen molar-refractivity contribution in [2.75, 3.05) is 19.6 Å². The number of allylic oxidation sites excluding steroid dienone is 1. The molecule has 1 unspecified atom stereocenters. The van der Waals surface area contributed by atoms with Gasteiger partial charge in [-0.2, -0.15) is 0 Å². The maximum Gasteiger partial charge on any atom is 0.244 e. The van der Waals surface area contributed by atoms with Crippen molar-refractivity contribution in [2.24, 2.45) is 5.92 Å². The van der Waals surface area contributed by atoms with E-state index in [2.05, 4.69) is 16.0 Å². The summed E-state index contributed by atoms with van der Waals surface area (Å²) in [5.74, 6) is -0.620. The second-order valence-corrected chi connectivity index (χ2v) is 7.80. The zero-order chi connectivity index (χ0) is 21.7. The summed E-state index contributed by atoms with van der Waals surface area (Å²) in [4.78, 5) is 47.5. The number of rotatable bonds is 15. The molecule has 0 aromatic carbocycles. The molecule has 0 fully saturated rings. The molecular formula is C21H37N3O4. The number of hydrogen-bond donors (Lipinski definition) is 3. The molecule has 7 heteroatoms. The third kappa shape index (κ3) is 11.1. The highest BCUT2D eigenvalue weighted by molar-refractivity contribution is 5.98. The van der Waals surface area contributed by atoms with Crippen molar-refractivity contribution in [1.29, 1.82) is 0 Å². The first kappa shape index (κ1) is 26.1. The summed E-state index contributed by atoms with van der Waals surface area (Å²) < 4.78 is 0. The Morgan fingerprint density at radius 2 is 1.57 bits per heavy atom. The molecule has 3 N–H and O–H groups in total. The molecule has 28 heavy (non-hydrogen) atoms. The molecular weight excluding hydrogens is 358 g/mol. The Balaban J connectivity index is 4.22. The lowest BCUT2D eigenvalue weighted by molar-refractivity contribution is -0.125. The summed E-state index contributed by atoms with van der Waals surface area (Å²) in [7, 11) is 0. The maximum atomic E-state index is 12.4. The van der Waals surface area contributed by atoms with Gasteiger partial charge in [0.2, 0.25) is 5.91 Å². The first-order valence-electron chi connectivity index (χ1n) is 10.1. The van der Waals surface area contributed by atoms with E-state index in [1.807, 2.05) is 13.8 Å². The van der Waals surface area contributed by atoms with Gasteiger partial charge in [-0.15, -0.1) is 0 Å². The van der Waals surface area contributed by atoms with Crippen molar-refractivity contribution in [3.8, 4) is 0 Å². The fraction of sp³-hybridized carbons (Fsp3) is 0.714. The van der Waals surface area contributed by atoms with Crippen LogP contribution in [0.3, 0.4) is 0 Å². The molecule has 0 spiro atoms. The van der Waals surface area contributed by atoms with Gasteiger partial charge in [0, 0.05) is 37.9 Å². The third-order valence-electron chi connectivity index (χ3n) is 4.44. The fourth-order valence-electron chi connectivity index (χ4n) is 2.31. The van der Waals surface area contributed by atoms with Gasteiger partial charge in [-0.3, -0.25) is 19.2 Å². The van der Waals surface area contributed by atoms with Gasteiger partial charge in [0.15, 0.2) is 17.3 Å². The van der Waals surface area contributed by atoms with E-state index in [0.717, 1.165) is 13.0 Å². The molecule has 0 saturated carbocycles. The number of carbonyl (C=O) groups is 4. The molecule has 0 aliphatic heterocycles. The average molecular weight is 396 g/mol. The van der Waals surface area contributed by atoms with Crippen molar-refractivity contribution >= 4 is 23.3 Å². The summed E-state index contributed by atoms with van der Waals surface area (Å²) in [6.07, 6.45) is 3.92. The molecule has 0 aromatic heterocycles. The van der Waals surface area contributed by atoms with Crippen LogP contribution in [0.25, 0.3) is 0 Å². The highest BCUT2D eigenvalue weighted by atomic mass is 16.2. The predicted octanol–water partition coefficient (Wildman–Crippen LogP) is 1.56. The van der Waals surface area contributed by atoms with E-state index in [4.69, 9.17) is 0 Å². The van der Waals surface area contributed by atoms with E-state index in [9.17, 15) is 19.2 Å². The van der Waals surface area contributed by atoms with E-state index in [0.29, 0.717) is 13.0 Å². The Morgan fingerprint density at radius 3 is 2.14 bits per heavy atom. The molecule has 1 atom stereocenters. The van der Waals surface area contributed by atoms with E-state index in [-0.39, 0.29) is 42.3 Å². The Kier molecular flexibility index (Phi) is 12.5. The van der Waals surface area contributed by atoms with Crippen LogP contribution in [0.2, 0.25) is 0 Å². The van der Waals surface area contributed by atoms with Crippen molar-refractivity contribution < 1.29 is 19.2 Å². The van der Waals surface area contributed by atoms with Gasteiger partial charge in [0.05, 0.1) is 11.6 Å². The second-order valence-electron chi connectivity index (χ2n) is 7.80. The number of carbonyl (C=O) groups excluding carboxylic acids is 4. The summed E-state index contributed by atoms with van der Waals surface area (Å²) in [5.41, 5.74) is -0.783. The van der Waals surface area contributed by atoms with Crippen LogP contribution >= 0.6 is 0 Å². The molecule has 0 radical (unpaired) electrons. The number of Topliss-reactive ketones (excluding diaryl/α,β-unsaturated/α-hetero) is 2. The molecule has 0 bridgehead atoms. The topological polar surface area (TPSA) is 104 Å². The monoisotopic (exact) mass is 395 g/mol. The van der Waals surface area contributed by atoms with Gasteiger partial charge in [0.25, 0.3) is 0 Å². The zero-order valence-electron chi connectivity index (χ0n) is 18.2. The summed E-state index contributed by atoms with van der Waals surface area (Å²) in [5, 5.41) is 8.87. The molecule has 160 valence electrons. The van der Waals surface area contributed by atoms with Gasteiger partial charge < -0.3 is 16.0 Å². The third-order valence-corrected chi connectivity index (χ3v) is 4.44. The van der Waals surface area contributed by atoms with Crippen LogP contribution in [-0.2, 0) is 19.2 Å². The number of hydrogen-bond acceptors (Lipinski definition) is 6. The minimum absolute atomic E-state index is 0.0559. The van der Waals surface area contributed by atoms with E-state index >= 15 is 0 Å². The first-order chi connectivity index (χ1) is 13.0. The normalized spacial score (nSPS) is 13.0. The van der Waals surface area contributed by atoms with Crippen molar-refractivity contribution in [1.82, 2.24) is 16.0 Å².